The maximum Gasteiger partial charge on any atom is 0.347 e. The van der Waals surface area contributed by atoms with Gasteiger partial charge in [0.25, 0.3) is 0 Å². The summed E-state index contributed by atoms with van der Waals surface area (Å²) in [6.45, 7) is 7.88. The van der Waals surface area contributed by atoms with Crippen LogP contribution in [0.5, 0.6) is 17.2 Å². The highest BCUT2D eigenvalue weighted by Gasteiger charge is 2.30. The first-order chi connectivity index (χ1) is 16.4. The summed E-state index contributed by atoms with van der Waals surface area (Å²) in [5, 5.41) is 0. The standard InChI is InChI=1S/C28H27NO5/c1-5-29(6-2)20-13-11-19(12-14-20)16-25-27(30)26-18(3)15-21(17-24(26)34-25)33-28(31)22-9-7-8-10-23(22)32-4/h7-17H,5-6H2,1-4H3/b25-16-. The predicted molar refractivity (Wildman–Crippen MR) is 132 cm³/mol. The van der Waals surface area contributed by atoms with Crippen molar-refractivity contribution in [2.24, 2.45) is 0 Å². The second kappa shape index (κ2) is 9.83. The molecular formula is C28H27NO5. The summed E-state index contributed by atoms with van der Waals surface area (Å²) >= 11 is 0. The zero-order valence-corrected chi connectivity index (χ0v) is 19.8. The van der Waals surface area contributed by atoms with E-state index < -0.39 is 5.97 Å². The summed E-state index contributed by atoms with van der Waals surface area (Å²) in [6, 6.07) is 18.1. The minimum atomic E-state index is -0.551. The molecule has 3 aromatic rings. The Morgan fingerprint density at radius 2 is 1.74 bits per heavy atom. The number of nitrogens with zero attached hydrogens (tertiary/aromatic N) is 1. The number of hydrogen-bond acceptors (Lipinski definition) is 6. The van der Waals surface area contributed by atoms with Crippen LogP contribution in [0.3, 0.4) is 0 Å². The Bertz CT molecular complexity index is 1260. The van der Waals surface area contributed by atoms with Crippen molar-refractivity contribution in [3.63, 3.8) is 0 Å². The number of Topliss-reactive ketones (excluding diaryl/α,β-unsaturated/α-hetero) is 1. The third kappa shape index (κ3) is 4.53. The first kappa shape index (κ1) is 23.1. The van der Waals surface area contributed by atoms with Crippen LogP contribution in [0.1, 0.15) is 45.7 Å². The molecule has 0 aromatic heterocycles. The lowest BCUT2D eigenvalue weighted by Crippen LogP contribution is -2.21. The fourth-order valence-corrected chi connectivity index (χ4v) is 4.03. The molecule has 0 saturated heterocycles. The number of carbonyl (C=O) groups excluding carboxylic acids is 2. The van der Waals surface area contributed by atoms with E-state index in [-0.39, 0.29) is 11.5 Å². The number of allylic oxidation sites excluding steroid dienone is 1. The van der Waals surface area contributed by atoms with Crippen LogP contribution in [-0.2, 0) is 0 Å². The van der Waals surface area contributed by atoms with Crippen molar-refractivity contribution in [1.82, 2.24) is 0 Å². The lowest BCUT2D eigenvalue weighted by Gasteiger charge is -2.20. The first-order valence-electron chi connectivity index (χ1n) is 11.2. The van der Waals surface area contributed by atoms with Crippen LogP contribution in [0.2, 0.25) is 0 Å². The van der Waals surface area contributed by atoms with Gasteiger partial charge in [0, 0.05) is 24.8 Å². The second-order valence-corrected chi connectivity index (χ2v) is 7.91. The van der Waals surface area contributed by atoms with E-state index in [1.54, 1.807) is 49.4 Å². The molecule has 0 atom stereocenters. The number of benzene rings is 3. The number of rotatable bonds is 7. The van der Waals surface area contributed by atoms with Gasteiger partial charge in [-0.15, -0.1) is 0 Å². The van der Waals surface area contributed by atoms with Gasteiger partial charge >= 0.3 is 5.97 Å². The van der Waals surface area contributed by atoms with Gasteiger partial charge in [0.2, 0.25) is 5.78 Å². The van der Waals surface area contributed by atoms with Gasteiger partial charge in [0.05, 0.1) is 12.7 Å². The van der Waals surface area contributed by atoms with Gasteiger partial charge < -0.3 is 19.1 Å². The predicted octanol–water partition coefficient (Wildman–Crippen LogP) is 5.69. The third-order valence-electron chi connectivity index (χ3n) is 5.80. The molecule has 0 radical (unpaired) electrons. The van der Waals surface area contributed by atoms with Crippen molar-refractivity contribution >= 4 is 23.5 Å². The number of ketones is 1. The van der Waals surface area contributed by atoms with Gasteiger partial charge in [-0.25, -0.2) is 4.79 Å². The fraction of sp³-hybridized carbons (Fsp3) is 0.214. The number of carbonyl (C=O) groups is 2. The molecule has 174 valence electrons. The number of para-hydroxylation sites is 1. The molecule has 4 rings (SSSR count). The van der Waals surface area contributed by atoms with Crippen LogP contribution in [0, 0.1) is 6.92 Å². The van der Waals surface area contributed by atoms with E-state index in [0.717, 1.165) is 24.3 Å². The Morgan fingerprint density at radius 3 is 2.41 bits per heavy atom. The van der Waals surface area contributed by atoms with Crippen molar-refractivity contribution < 1.29 is 23.8 Å². The lowest BCUT2D eigenvalue weighted by atomic mass is 10.0. The van der Waals surface area contributed by atoms with Crippen LogP contribution in [-0.4, -0.2) is 32.0 Å². The van der Waals surface area contributed by atoms with Gasteiger partial charge in [-0.2, -0.15) is 0 Å². The molecule has 6 heteroatoms. The van der Waals surface area contributed by atoms with Gasteiger partial charge in [-0.1, -0.05) is 24.3 Å². The zero-order chi connectivity index (χ0) is 24.2. The largest absolute Gasteiger partial charge is 0.496 e. The van der Waals surface area contributed by atoms with Crippen LogP contribution in [0.15, 0.2) is 66.4 Å². The summed E-state index contributed by atoms with van der Waals surface area (Å²) in [7, 11) is 1.50. The second-order valence-electron chi connectivity index (χ2n) is 7.91. The average Bonchev–Trinajstić information content (AvgIpc) is 3.16. The number of hydrogen-bond donors (Lipinski definition) is 0. The topological polar surface area (TPSA) is 65.1 Å². The minimum absolute atomic E-state index is 0.192. The van der Waals surface area contributed by atoms with Crippen molar-refractivity contribution in [3.05, 3.63) is 88.7 Å². The average molecular weight is 458 g/mol. The third-order valence-corrected chi connectivity index (χ3v) is 5.80. The zero-order valence-electron chi connectivity index (χ0n) is 19.8. The fourth-order valence-electron chi connectivity index (χ4n) is 4.03. The van der Waals surface area contributed by atoms with E-state index in [0.29, 0.717) is 33.9 Å². The number of fused-ring (bicyclic) bond motifs is 1. The Labute approximate surface area is 199 Å². The molecule has 0 amide bonds. The molecule has 1 heterocycles. The van der Waals surface area contributed by atoms with Gasteiger partial charge in [0.15, 0.2) is 5.76 Å². The van der Waals surface area contributed by atoms with Gasteiger partial charge in [-0.3, -0.25) is 4.79 Å². The maximum atomic E-state index is 13.0. The molecular weight excluding hydrogens is 430 g/mol. The van der Waals surface area contributed by atoms with E-state index in [9.17, 15) is 9.59 Å². The normalized spacial score (nSPS) is 13.4. The highest BCUT2D eigenvalue weighted by Crippen LogP contribution is 2.38. The Morgan fingerprint density at radius 1 is 1.03 bits per heavy atom. The maximum absolute atomic E-state index is 13.0. The SMILES string of the molecule is CCN(CC)c1ccc(/C=C2\Oc3cc(OC(=O)c4ccccc4OC)cc(C)c3C2=O)cc1. The Hall–Kier alpha value is -4.06. The van der Waals surface area contributed by atoms with E-state index in [1.165, 1.54) is 7.11 Å². The lowest BCUT2D eigenvalue weighted by molar-refractivity contribution is 0.0731. The molecule has 34 heavy (non-hydrogen) atoms. The summed E-state index contributed by atoms with van der Waals surface area (Å²) in [5.74, 6) is 0.590. The molecule has 3 aromatic carbocycles. The molecule has 0 aliphatic carbocycles. The highest BCUT2D eigenvalue weighted by atomic mass is 16.5. The number of methoxy groups -OCH3 is 1. The van der Waals surface area contributed by atoms with Crippen LogP contribution >= 0.6 is 0 Å². The van der Waals surface area contributed by atoms with Crippen molar-refractivity contribution in [2.75, 3.05) is 25.1 Å². The molecule has 0 spiro atoms. The van der Waals surface area contributed by atoms with Crippen LogP contribution in [0.4, 0.5) is 5.69 Å². The summed E-state index contributed by atoms with van der Waals surface area (Å²) in [4.78, 5) is 27.9. The molecule has 0 N–H and O–H groups in total. The summed E-state index contributed by atoms with van der Waals surface area (Å²) in [6.07, 6.45) is 1.73. The monoisotopic (exact) mass is 457 g/mol. The van der Waals surface area contributed by atoms with E-state index in [2.05, 4.69) is 18.7 Å². The van der Waals surface area contributed by atoms with Crippen molar-refractivity contribution in [1.29, 1.82) is 0 Å². The minimum Gasteiger partial charge on any atom is -0.496 e. The number of aryl methyl sites for hydroxylation is 1. The molecule has 0 unspecified atom stereocenters. The van der Waals surface area contributed by atoms with E-state index in [1.807, 2.05) is 24.3 Å². The van der Waals surface area contributed by atoms with Crippen LogP contribution in [0.25, 0.3) is 6.08 Å². The van der Waals surface area contributed by atoms with E-state index in [4.69, 9.17) is 14.2 Å². The van der Waals surface area contributed by atoms with Gasteiger partial charge in [-0.05, 0) is 68.3 Å². The van der Waals surface area contributed by atoms with Crippen molar-refractivity contribution in [2.45, 2.75) is 20.8 Å². The summed E-state index contributed by atoms with van der Waals surface area (Å²) < 4.78 is 16.7. The van der Waals surface area contributed by atoms with Gasteiger partial charge in [0.1, 0.15) is 22.8 Å². The molecule has 0 saturated carbocycles. The molecule has 1 aliphatic rings. The van der Waals surface area contributed by atoms with Crippen LogP contribution < -0.4 is 19.1 Å². The molecule has 0 bridgehead atoms. The quantitative estimate of drug-likeness (QED) is 0.258. The molecule has 1 aliphatic heterocycles. The number of esters is 1. The number of anilines is 1. The summed E-state index contributed by atoms with van der Waals surface area (Å²) in [5.41, 5.74) is 3.46. The molecule has 6 nitrogen and oxygen atoms in total. The van der Waals surface area contributed by atoms with E-state index >= 15 is 0 Å². The van der Waals surface area contributed by atoms with Crippen molar-refractivity contribution in [3.8, 4) is 17.2 Å². The number of ether oxygens (including phenoxy) is 3. The first-order valence-corrected chi connectivity index (χ1v) is 11.2. The highest BCUT2D eigenvalue weighted by molar-refractivity contribution is 6.15. The smallest absolute Gasteiger partial charge is 0.347 e. The molecule has 0 fully saturated rings. The Kier molecular flexibility index (Phi) is 6.68. The Balaban J connectivity index is 1.56.